The van der Waals surface area contributed by atoms with Crippen molar-refractivity contribution in [2.75, 3.05) is 26.8 Å². The highest BCUT2D eigenvalue weighted by Crippen LogP contribution is 2.40. The maximum absolute atomic E-state index is 12.9. The van der Waals surface area contributed by atoms with Gasteiger partial charge in [0.1, 0.15) is 0 Å². The van der Waals surface area contributed by atoms with Crippen LogP contribution in [0.25, 0.3) is 11.0 Å². The van der Waals surface area contributed by atoms with Gasteiger partial charge >= 0.3 is 5.97 Å². The standard InChI is InChI=1S/C25H37N3O3/c1-8-11-31-25(23(29)30-7)13-20(24(4,5)6)15-28(16-25)14-19-9-10-21-22(12-19)27-18(3)17(2)26-21/h9-10,12,20H,8,11,13-16H2,1-7H3/t20-,25+/m1/s1. The smallest absolute Gasteiger partial charge is 0.339 e. The third-order valence-corrected chi connectivity index (χ3v) is 6.44. The third-order valence-electron chi connectivity index (χ3n) is 6.44. The van der Waals surface area contributed by atoms with E-state index in [9.17, 15) is 4.79 Å². The molecule has 1 aliphatic heterocycles. The monoisotopic (exact) mass is 427 g/mol. The first-order valence-electron chi connectivity index (χ1n) is 11.3. The number of nitrogens with zero attached hydrogens (tertiary/aromatic N) is 3. The number of piperidine rings is 1. The molecule has 0 unspecified atom stereocenters. The van der Waals surface area contributed by atoms with Crippen LogP contribution in [-0.2, 0) is 20.8 Å². The van der Waals surface area contributed by atoms with Crippen molar-refractivity contribution >= 4 is 17.0 Å². The van der Waals surface area contributed by atoms with E-state index in [2.05, 4.69) is 49.7 Å². The number of hydrogen-bond donors (Lipinski definition) is 0. The number of esters is 1. The maximum atomic E-state index is 12.9. The van der Waals surface area contributed by atoms with E-state index in [0.717, 1.165) is 47.5 Å². The van der Waals surface area contributed by atoms with Crippen LogP contribution in [0.15, 0.2) is 18.2 Å². The number of benzene rings is 1. The summed E-state index contributed by atoms with van der Waals surface area (Å²) in [4.78, 5) is 24.6. The van der Waals surface area contributed by atoms with Crippen molar-refractivity contribution in [1.82, 2.24) is 14.9 Å². The lowest BCUT2D eigenvalue weighted by Gasteiger charge is -2.48. The quantitative estimate of drug-likeness (QED) is 0.635. The Bertz CT molecular complexity index is 937. The van der Waals surface area contributed by atoms with Crippen molar-refractivity contribution in [2.24, 2.45) is 11.3 Å². The van der Waals surface area contributed by atoms with Crippen molar-refractivity contribution in [2.45, 2.75) is 66.5 Å². The molecular weight excluding hydrogens is 390 g/mol. The van der Waals surface area contributed by atoms with Crippen LogP contribution >= 0.6 is 0 Å². The number of carbonyl (C=O) groups excluding carboxylic acids is 1. The third kappa shape index (κ3) is 5.24. The van der Waals surface area contributed by atoms with Crippen molar-refractivity contribution in [3.8, 4) is 0 Å². The van der Waals surface area contributed by atoms with Crippen molar-refractivity contribution < 1.29 is 14.3 Å². The van der Waals surface area contributed by atoms with Crippen LogP contribution in [0.2, 0.25) is 0 Å². The van der Waals surface area contributed by atoms with Crippen LogP contribution < -0.4 is 0 Å². The molecule has 6 nitrogen and oxygen atoms in total. The summed E-state index contributed by atoms with van der Waals surface area (Å²) in [5, 5.41) is 0. The molecule has 0 bridgehead atoms. The zero-order valence-corrected chi connectivity index (χ0v) is 20.1. The zero-order chi connectivity index (χ0) is 22.8. The van der Waals surface area contributed by atoms with Gasteiger partial charge in [0.05, 0.1) is 29.5 Å². The van der Waals surface area contributed by atoms with Gasteiger partial charge in [0.25, 0.3) is 0 Å². The first kappa shape index (κ1) is 23.6. The first-order chi connectivity index (χ1) is 14.6. The SMILES string of the molecule is CCCO[C@@]1(C(=O)OC)C[C@@H](C(C)(C)C)CN(Cc2ccc3nc(C)c(C)nc3c2)C1. The molecule has 3 rings (SSSR count). The molecule has 170 valence electrons. The highest BCUT2D eigenvalue weighted by molar-refractivity contribution is 5.80. The molecule has 1 fully saturated rings. The number of fused-ring (bicyclic) bond motifs is 1. The zero-order valence-electron chi connectivity index (χ0n) is 20.1. The van der Waals surface area contributed by atoms with Crippen LogP contribution in [-0.4, -0.2) is 53.2 Å². The molecule has 2 heterocycles. The van der Waals surface area contributed by atoms with E-state index in [1.165, 1.54) is 7.11 Å². The molecule has 0 spiro atoms. The summed E-state index contributed by atoms with van der Waals surface area (Å²) in [6.07, 6.45) is 1.54. The minimum Gasteiger partial charge on any atom is -0.467 e. The van der Waals surface area contributed by atoms with E-state index in [1.807, 2.05) is 19.9 Å². The molecule has 2 atom stereocenters. The average Bonchev–Trinajstić information content (AvgIpc) is 2.72. The summed E-state index contributed by atoms with van der Waals surface area (Å²) in [5.41, 5.74) is 4.02. The second kappa shape index (κ2) is 9.21. The Kier molecular flexibility index (Phi) is 7.01. The predicted molar refractivity (Wildman–Crippen MR) is 123 cm³/mol. The molecular formula is C25H37N3O3. The summed E-state index contributed by atoms with van der Waals surface area (Å²) in [7, 11) is 1.46. The largest absolute Gasteiger partial charge is 0.467 e. The molecule has 0 radical (unpaired) electrons. The molecule has 1 aromatic heterocycles. The number of hydrogen-bond acceptors (Lipinski definition) is 6. The molecule has 1 saturated heterocycles. The fourth-order valence-electron chi connectivity index (χ4n) is 4.39. The fraction of sp³-hybridized carbons (Fsp3) is 0.640. The Balaban J connectivity index is 1.92. The molecule has 1 aromatic carbocycles. The summed E-state index contributed by atoms with van der Waals surface area (Å²) in [6.45, 7) is 15.5. The second-order valence-electron chi connectivity index (χ2n) is 9.99. The highest BCUT2D eigenvalue weighted by Gasteiger charge is 2.50. The molecule has 0 N–H and O–H groups in total. The normalized spacial score (nSPS) is 22.6. The van der Waals surface area contributed by atoms with E-state index in [1.54, 1.807) is 0 Å². The Morgan fingerprint density at radius 1 is 1.19 bits per heavy atom. The maximum Gasteiger partial charge on any atom is 0.339 e. The van der Waals surface area contributed by atoms with E-state index < -0.39 is 5.60 Å². The lowest BCUT2D eigenvalue weighted by molar-refractivity contribution is -0.184. The number of aromatic nitrogens is 2. The van der Waals surface area contributed by atoms with Gasteiger partial charge in [0.15, 0.2) is 5.60 Å². The van der Waals surface area contributed by atoms with Gasteiger partial charge in [-0.15, -0.1) is 0 Å². The molecule has 0 aliphatic carbocycles. The van der Waals surface area contributed by atoms with Crippen molar-refractivity contribution in [3.63, 3.8) is 0 Å². The number of likely N-dealkylation sites (tertiary alicyclic amines) is 1. The average molecular weight is 428 g/mol. The predicted octanol–water partition coefficient (Wildman–Crippen LogP) is 4.45. The Labute approximate surface area is 186 Å². The summed E-state index contributed by atoms with van der Waals surface area (Å²) in [5.74, 6) is 0.0396. The molecule has 2 aromatic rings. The van der Waals surface area contributed by atoms with E-state index in [0.29, 0.717) is 25.5 Å². The Morgan fingerprint density at radius 3 is 2.48 bits per heavy atom. The van der Waals surface area contributed by atoms with E-state index in [-0.39, 0.29) is 11.4 Å². The van der Waals surface area contributed by atoms with Crippen LogP contribution in [0.5, 0.6) is 0 Å². The van der Waals surface area contributed by atoms with Gasteiger partial charge in [-0.25, -0.2) is 14.8 Å². The summed E-state index contributed by atoms with van der Waals surface area (Å²) in [6, 6.07) is 6.26. The van der Waals surface area contributed by atoms with Gasteiger partial charge in [0, 0.05) is 26.2 Å². The first-order valence-corrected chi connectivity index (χ1v) is 11.3. The van der Waals surface area contributed by atoms with Crippen LogP contribution in [0.4, 0.5) is 0 Å². The molecule has 0 amide bonds. The number of aryl methyl sites for hydroxylation is 2. The molecule has 1 aliphatic rings. The van der Waals surface area contributed by atoms with Gasteiger partial charge in [-0.05, 0) is 55.7 Å². The van der Waals surface area contributed by atoms with Gasteiger partial charge in [-0.2, -0.15) is 0 Å². The minimum absolute atomic E-state index is 0.0526. The van der Waals surface area contributed by atoms with Crippen molar-refractivity contribution in [3.05, 3.63) is 35.2 Å². The molecule has 0 saturated carbocycles. The Hall–Kier alpha value is -2.05. The van der Waals surface area contributed by atoms with E-state index >= 15 is 0 Å². The highest BCUT2D eigenvalue weighted by atomic mass is 16.6. The van der Waals surface area contributed by atoms with Crippen LogP contribution in [0.3, 0.4) is 0 Å². The van der Waals surface area contributed by atoms with Gasteiger partial charge in [-0.3, -0.25) is 4.90 Å². The lowest BCUT2D eigenvalue weighted by Crippen LogP contribution is -2.59. The second-order valence-corrected chi connectivity index (χ2v) is 9.99. The number of rotatable bonds is 6. The van der Waals surface area contributed by atoms with Crippen LogP contribution in [0.1, 0.15) is 57.5 Å². The minimum atomic E-state index is -0.925. The lowest BCUT2D eigenvalue weighted by atomic mass is 9.71. The number of ether oxygens (including phenoxy) is 2. The molecule has 31 heavy (non-hydrogen) atoms. The van der Waals surface area contributed by atoms with Gasteiger partial charge < -0.3 is 9.47 Å². The molecule has 6 heteroatoms. The van der Waals surface area contributed by atoms with Gasteiger partial charge in [0.2, 0.25) is 0 Å². The van der Waals surface area contributed by atoms with Crippen molar-refractivity contribution in [1.29, 1.82) is 0 Å². The fourth-order valence-corrected chi connectivity index (χ4v) is 4.39. The van der Waals surface area contributed by atoms with Gasteiger partial charge in [-0.1, -0.05) is 33.8 Å². The summed E-state index contributed by atoms with van der Waals surface area (Å²) < 4.78 is 11.4. The van der Waals surface area contributed by atoms with Crippen LogP contribution in [0, 0.1) is 25.2 Å². The van der Waals surface area contributed by atoms with E-state index in [4.69, 9.17) is 14.5 Å². The summed E-state index contributed by atoms with van der Waals surface area (Å²) >= 11 is 0. The Morgan fingerprint density at radius 2 is 1.87 bits per heavy atom. The topological polar surface area (TPSA) is 64.6 Å². The number of methoxy groups -OCH3 is 1. The number of carbonyl (C=O) groups is 1.